The van der Waals surface area contributed by atoms with Crippen molar-refractivity contribution in [3.63, 3.8) is 0 Å². The Labute approximate surface area is 261 Å². The quantitative estimate of drug-likeness (QED) is 0.159. The SMILES string of the molecule is C=C/C=C/C(CC/C(C)=C(\C)CC(=O)OC)NC(=O)c1cc(C(=O)NCc2ccc3c(c2)CN(C(N)=O)CC3)nc2ncnn12. The number of ether oxygens (including phenoxy) is 1. The number of nitrogens with zero attached hydrogens (tertiary/aromatic N) is 5. The minimum absolute atomic E-state index is 0.00825. The number of carbonyl (C=O) groups is 4. The largest absolute Gasteiger partial charge is 0.469 e. The monoisotopic (exact) mass is 614 g/mol. The van der Waals surface area contributed by atoms with Gasteiger partial charge in [0.2, 0.25) is 0 Å². The third-order valence-electron chi connectivity index (χ3n) is 7.76. The number of nitrogens with two attached hydrogens (primary N) is 1. The summed E-state index contributed by atoms with van der Waals surface area (Å²) in [7, 11) is 1.35. The van der Waals surface area contributed by atoms with Crippen LogP contribution in [0.4, 0.5) is 4.79 Å². The number of hydrogen-bond acceptors (Lipinski definition) is 8. The minimum atomic E-state index is -0.490. The summed E-state index contributed by atoms with van der Waals surface area (Å²) in [6.45, 7) is 8.74. The van der Waals surface area contributed by atoms with Crippen LogP contribution >= 0.6 is 0 Å². The molecule has 1 aliphatic rings. The molecule has 13 heteroatoms. The van der Waals surface area contributed by atoms with Crippen LogP contribution in [-0.2, 0) is 29.0 Å². The number of amides is 4. The van der Waals surface area contributed by atoms with Gasteiger partial charge in [0.05, 0.1) is 13.5 Å². The summed E-state index contributed by atoms with van der Waals surface area (Å²) in [5.41, 5.74) is 10.5. The molecule has 1 aliphatic heterocycles. The number of carbonyl (C=O) groups excluding carboxylic acids is 4. The van der Waals surface area contributed by atoms with Crippen molar-refractivity contribution in [3.8, 4) is 0 Å². The van der Waals surface area contributed by atoms with E-state index in [9.17, 15) is 19.2 Å². The van der Waals surface area contributed by atoms with E-state index in [-0.39, 0.29) is 42.1 Å². The third-order valence-corrected chi connectivity index (χ3v) is 7.76. The van der Waals surface area contributed by atoms with Crippen molar-refractivity contribution in [3.05, 3.63) is 94.6 Å². The molecule has 45 heavy (non-hydrogen) atoms. The first-order valence-corrected chi connectivity index (χ1v) is 14.6. The summed E-state index contributed by atoms with van der Waals surface area (Å²) in [5.74, 6) is -1.17. The van der Waals surface area contributed by atoms with Crippen molar-refractivity contribution >= 4 is 29.6 Å². The highest BCUT2D eigenvalue weighted by molar-refractivity contribution is 5.98. The smallest absolute Gasteiger partial charge is 0.315 e. The van der Waals surface area contributed by atoms with E-state index in [2.05, 4.69) is 32.3 Å². The maximum atomic E-state index is 13.5. The second-order valence-electron chi connectivity index (χ2n) is 10.8. The number of aromatic nitrogens is 4. The lowest BCUT2D eigenvalue weighted by Gasteiger charge is -2.27. The fourth-order valence-corrected chi connectivity index (χ4v) is 4.97. The number of allylic oxidation sites excluding steroid dienone is 3. The van der Waals surface area contributed by atoms with E-state index < -0.39 is 17.8 Å². The molecule has 0 radical (unpaired) electrons. The number of rotatable bonds is 12. The van der Waals surface area contributed by atoms with Crippen molar-refractivity contribution in [1.82, 2.24) is 35.1 Å². The predicted octanol–water partition coefficient (Wildman–Crippen LogP) is 3.01. The number of esters is 1. The molecule has 4 rings (SSSR count). The summed E-state index contributed by atoms with van der Waals surface area (Å²) in [6, 6.07) is 6.41. The second-order valence-corrected chi connectivity index (χ2v) is 10.8. The van der Waals surface area contributed by atoms with E-state index in [0.717, 1.165) is 27.8 Å². The predicted molar refractivity (Wildman–Crippen MR) is 167 cm³/mol. The van der Waals surface area contributed by atoms with Gasteiger partial charge >= 0.3 is 12.0 Å². The van der Waals surface area contributed by atoms with Gasteiger partial charge in [-0.1, -0.05) is 54.2 Å². The molecular formula is C32H38N8O5. The Morgan fingerprint density at radius 2 is 1.93 bits per heavy atom. The Bertz CT molecular complexity index is 1670. The Hall–Kier alpha value is -5.33. The van der Waals surface area contributed by atoms with Gasteiger partial charge in [-0.2, -0.15) is 14.6 Å². The number of primary amides is 1. The normalized spacial score (nSPS) is 14.0. The number of hydrogen-bond donors (Lipinski definition) is 3. The molecule has 1 unspecified atom stereocenters. The maximum absolute atomic E-state index is 13.5. The molecule has 2 aromatic heterocycles. The lowest BCUT2D eigenvalue weighted by atomic mass is 9.97. The molecule has 0 fully saturated rings. The van der Waals surface area contributed by atoms with Crippen molar-refractivity contribution < 1.29 is 23.9 Å². The standard InChI is InChI=1S/C32H38N8O5/c1-5-6-7-25(11-8-20(2)21(3)14-28(41)45-4)37-30(43)27-16-26(38-32-35-19-36-40(27)32)29(42)34-17-22-9-10-23-12-13-39(31(33)44)18-24(23)15-22/h5-7,9-10,15-16,19,25H,1,8,11-14,17-18H2,2-4H3,(H2,33,44)(H,34,42)(H,37,43)/b7-6+,21-20+. The maximum Gasteiger partial charge on any atom is 0.315 e. The van der Waals surface area contributed by atoms with E-state index >= 15 is 0 Å². The van der Waals surface area contributed by atoms with E-state index in [1.807, 2.05) is 38.1 Å². The van der Waals surface area contributed by atoms with Gasteiger partial charge in [-0.25, -0.2) is 9.78 Å². The van der Waals surface area contributed by atoms with Gasteiger partial charge in [-0.3, -0.25) is 14.4 Å². The van der Waals surface area contributed by atoms with Crippen molar-refractivity contribution in [1.29, 1.82) is 0 Å². The second kappa shape index (κ2) is 14.9. The van der Waals surface area contributed by atoms with Gasteiger partial charge < -0.3 is 26.0 Å². The minimum Gasteiger partial charge on any atom is -0.469 e. The number of benzene rings is 1. The van der Waals surface area contributed by atoms with Crippen LogP contribution in [0.1, 0.15) is 70.8 Å². The number of fused-ring (bicyclic) bond motifs is 2. The Balaban J connectivity index is 1.47. The van der Waals surface area contributed by atoms with Crippen LogP contribution in [0.2, 0.25) is 0 Å². The number of nitrogens with one attached hydrogen (secondary N) is 2. The van der Waals surface area contributed by atoms with E-state index in [4.69, 9.17) is 10.5 Å². The Morgan fingerprint density at radius 1 is 1.13 bits per heavy atom. The first-order chi connectivity index (χ1) is 21.6. The molecule has 0 bridgehead atoms. The van der Waals surface area contributed by atoms with Gasteiger partial charge in [0.1, 0.15) is 17.7 Å². The van der Waals surface area contributed by atoms with Crippen LogP contribution < -0.4 is 16.4 Å². The van der Waals surface area contributed by atoms with Crippen LogP contribution in [-0.4, -0.2) is 68.0 Å². The summed E-state index contributed by atoms with van der Waals surface area (Å²) in [6.07, 6.45) is 8.54. The zero-order valence-electron chi connectivity index (χ0n) is 25.7. The van der Waals surface area contributed by atoms with Crippen LogP contribution in [0.5, 0.6) is 0 Å². The van der Waals surface area contributed by atoms with Gasteiger partial charge in [0, 0.05) is 31.7 Å². The zero-order chi connectivity index (χ0) is 32.5. The summed E-state index contributed by atoms with van der Waals surface area (Å²) < 4.78 is 6.04. The molecular weight excluding hydrogens is 576 g/mol. The third kappa shape index (κ3) is 8.40. The highest BCUT2D eigenvalue weighted by Gasteiger charge is 2.22. The average Bonchev–Trinajstić information content (AvgIpc) is 3.52. The molecule has 1 atom stereocenters. The molecule has 236 valence electrons. The van der Waals surface area contributed by atoms with Gasteiger partial charge in [-0.15, -0.1) is 0 Å². The molecule has 0 spiro atoms. The topological polar surface area (TPSA) is 174 Å². The molecule has 4 amide bonds. The summed E-state index contributed by atoms with van der Waals surface area (Å²) in [5, 5.41) is 9.96. The fraction of sp³-hybridized carbons (Fsp3) is 0.344. The highest BCUT2D eigenvalue weighted by Crippen LogP contribution is 2.21. The van der Waals surface area contributed by atoms with E-state index in [1.165, 1.54) is 24.0 Å². The lowest BCUT2D eigenvalue weighted by molar-refractivity contribution is -0.139. The lowest BCUT2D eigenvalue weighted by Crippen LogP contribution is -2.39. The van der Waals surface area contributed by atoms with E-state index in [0.29, 0.717) is 32.4 Å². The average molecular weight is 615 g/mol. The van der Waals surface area contributed by atoms with Gasteiger partial charge in [0.15, 0.2) is 0 Å². The van der Waals surface area contributed by atoms with Crippen LogP contribution in [0, 0.1) is 0 Å². The van der Waals surface area contributed by atoms with Crippen molar-refractivity contribution in [2.45, 2.75) is 58.7 Å². The Morgan fingerprint density at radius 3 is 2.67 bits per heavy atom. The number of methoxy groups -OCH3 is 1. The highest BCUT2D eigenvalue weighted by atomic mass is 16.5. The molecule has 0 saturated carbocycles. The Kier molecular flexibility index (Phi) is 10.8. The van der Waals surface area contributed by atoms with Crippen LogP contribution in [0.25, 0.3) is 5.78 Å². The molecule has 13 nitrogen and oxygen atoms in total. The zero-order valence-corrected chi connectivity index (χ0v) is 25.7. The van der Waals surface area contributed by atoms with Crippen LogP contribution in [0.3, 0.4) is 0 Å². The molecule has 3 heterocycles. The summed E-state index contributed by atoms with van der Waals surface area (Å²) in [4.78, 5) is 60.0. The molecule has 4 N–H and O–H groups in total. The number of urea groups is 1. The van der Waals surface area contributed by atoms with Gasteiger partial charge in [0.25, 0.3) is 17.6 Å². The van der Waals surface area contributed by atoms with Crippen LogP contribution in [0.15, 0.2) is 66.5 Å². The first kappa shape index (κ1) is 32.6. The molecule has 0 aliphatic carbocycles. The van der Waals surface area contributed by atoms with Gasteiger partial charge in [-0.05, 0) is 49.8 Å². The molecule has 1 aromatic carbocycles. The summed E-state index contributed by atoms with van der Waals surface area (Å²) >= 11 is 0. The van der Waals surface area contributed by atoms with Crippen molar-refractivity contribution in [2.24, 2.45) is 5.73 Å². The van der Waals surface area contributed by atoms with Crippen molar-refractivity contribution in [2.75, 3.05) is 13.7 Å². The molecule has 3 aromatic rings. The fourth-order valence-electron chi connectivity index (χ4n) is 4.97. The first-order valence-electron chi connectivity index (χ1n) is 14.6. The molecule has 0 saturated heterocycles. The van der Waals surface area contributed by atoms with E-state index in [1.54, 1.807) is 17.1 Å².